The van der Waals surface area contributed by atoms with Gasteiger partial charge in [0, 0.05) is 22.0 Å². The van der Waals surface area contributed by atoms with Crippen molar-refractivity contribution in [2.24, 2.45) is 0 Å². The van der Waals surface area contributed by atoms with Crippen LogP contribution in [0.25, 0.3) is 0 Å². The fourth-order valence-corrected chi connectivity index (χ4v) is 4.51. The fraction of sp³-hybridized carbons (Fsp3) is 0.353. The first-order valence-corrected chi connectivity index (χ1v) is 9.65. The van der Waals surface area contributed by atoms with Gasteiger partial charge < -0.3 is 5.32 Å². The Morgan fingerprint density at radius 1 is 1.33 bits per heavy atom. The molecule has 1 aromatic heterocycles. The Labute approximate surface area is 149 Å². The van der Waals surface area contributed by atoms with Gasteiger partial charge in [0.15, 0.2) is 5.16 Å². The number of nitrogens with one attached hydrogen (secondary N) is 1. The molecule has 0 spiro atoms. The Morgan fingerprint density at radius 2 is 2.08 bits per heavy atom. The van der Waals surface area contributed by atoms with Gasteiger partial charge in [-0.25, -0.2) is 14.4 Å². The lowest BCUT2D eigenvalue weighted by Crippen LogP contribution is -2.32. The van der Waals surface area contributed by atoms with Crippen molar-refractivity contribution < 1.29 is 9.18 Å². The number of thioether (sulfide) groups is 2. The van der Waals surface area contributed by atoms with Gasteiger partial charge in [0.25, 0.3) is 0 Å². The second kappa shape index (κ2) is 7.53. The number of hydrogen-bond acceptors (Lipinski definition) is 5. The third kappa shape index (κ3) is 4.27. The molecule has 1 aliphatic rings. The van der Waals surface area contributed by atoms with Crippen LogP contribution in [-0.2, 0) is 4.79 Å². The third-order valence-corrected chi connectivity index (χ3v) is 5.61. The van der Waals surface area contributed by atoms with Crippen LogP contribution in [0.3, 0.4) is 0 Å². The smallest absolute Gasteiger partial charge is 0.230 e. The van der Waals surface area contributed by atoms with Crippen molar-refractivity contribution in [2.75, 3.05) is 11.5 Å². The van der Waals surface area contributed by atoms with E-state index < -0.39 is 0 Å². The zero-order chi connectivity index (χ0) is 17.1. The normalized spacial score (nSPS) is 16.5. The van der Waals surface area contributed by atoms with Crippen LogP contribution in [0.4, 0.5) is 4.39 Å². The molecule has 1 aliphatic heterocycles. The number of carbonyl (C=O) groups is 1. The van der Waals surface area contributed by atoms with E-state index in [2.05, 4.69) is 15.3 Å². The van der Waals surface area contributed by atoms with Crippen LogP contribution in [0.2, 0.25) is 0 Å². The van der Waals surface area contributed by atoms with Crippen LogP contribution in [0.15, 0.2) is 34.3 Å². The van der Waals surface area contributed by atoms with Crippen LogP contribution in [0, 0.1) is 19.7 Å². The van der Waals surface area contributed by atoms with Gasteiger partial charge in [-0.05, 0) is 50.1 Å². The van der Waals surface area contributed by atoms with Crippen LogP contribution >= 0.6 is 23.5 Å². The highest BCUT2D eigenvalue weighted by molar-refractivity contribution is 7.99. The maximum Gasteiger partial charge on any atom is 0.230 e. The SMILES string of the molecule is Cc1cc(C)nc(SCC(=O)NC2CCSc3ccc(F)cc32)n1. The van der Waals surface area contributed by atoms with E-state index in [4.69, 9.17) is 0 Å². The van der Waals surface area contributed by atoms with Crippen LogP contribution in [0.5, 0.6) is 0 Å². The van der Waals surface area contributed by atoms with Crippen molar-refractivity contribution in [2.45, 2.75) is 36.4 Å². The fourth-order valence-electron chi connectivity index (χ4n) is 2.64. The van der Waals surface area contributed by atoms with Gasteiger partial charge in [-0.3, -0.25) is 4.79 Å². The summed E-state index contributed by atoms with van der Waals surface area (Å²) >= 11 is 3.01. The number of nitrogens with zero attached hydrogens (tertiary/aromatic N) is 2. The number of aromatic nitrogens is 2. The quantitative estimate of drug-likeness (QED) is 0.663. The minimum absolute atomic E-state index is 0.0881. The van der Waals surface area contributed by atoms with E-state index in [1.165, 1.54) is 23.9 Å². The molecule has 3 rings (SSSR count). The van der Waals surface area contributed by atoms with E-state index in [1.54, 1.807) is 17.8 Å². The average molecular weight is 363 g/mol. The van der Waals surface area contributed by atoms with Crippen molar-refractivity contribution in [1.29, 1.82) is 0 Å². The lowest BCUT2D eigenvalue weighted by Gasteiger charge is -2.26. The molecule has 0 aliphatic carbocycles. The van der Waals surface area contributed by atoms with Gasteiger partial charge in [-0.1, -0.05) is 11.8 Å². The second-order valence-corrected chi connectivity index (χ2v) is 7.74. The number of halogens is 1. The molecule has 2 aromatic rings. The van der Waals surface area contributed by atoms with Crippen molar-refractivity contribution in [1.82, 2.24) is 15.3 Å². The van der Waals surface area contributed by atoms with E-state index in [9.17, 15) is 9.18 Å². The molecule has 0 saturated carbocycles. The highest BCUT2D eigenvalue weighted by Crippen LogP contribution is 2.36. The molecule has 0 saturated heterocycles. The van der Waals surface area contributed by atoms with E-state index in [0.29, 0.717) is 5.16 Å². The predicted molar refractivity (Wildman–Crippen MR) is 94.9 cm³/mol. The Hall–Kier alpha value is -1.60. The summed E-state index contributed by atoms with van der Waals surface area (Å²) in [6, 6.07) is 6.53. The first-order valence-electron chi connectivity index (χ1n) is 7.68. The van der Waals surface area contributed by atoms with Gasteiger partial charge in [0.1, 0.15) is 5.82 Å². The summed E-state index contributed by atoms with van der Waals surface area (Å²) in [5, 5.41) is 3.61. The molecule has 1 atom stereocenters. The summed E-state index contributed by atoms with van der Waals surface area (Å²) in [6.07, 6.45) is 0.803. The number of amides is 1. The predicted octanol–water partition coefficient (Wildman–Crippen LogP) is 3.68. The highest BCUT2D eigenvalue weighted by Gasteiger charge is 2.23. The molecular weight excluding hydrogens is 345 g/mol. The first kappa shape index (κ1) is 17.2. The number of rotatable bonds is 4. The Kier molecular flexibility index (Phi) is 5.40. The largest absolute Gasteiger partial charge is 0.348 e. The zero-order valence-electron chi connectivity index (χ0n) is 13.5. The van der Waals surface area contributed by atoms with Gasteiger partial charge in [0.2, 0.25) is 5.91 Å². The van der Waals surface area contributed by atoms with Gasteiger partial charge in [-0.15, -0.1) is 11.8 Å². The molecular formula is C17H18FN3OS2. The molecule has 4 nitrogen and oxygen atoms in total. The minimum atomic E-state index is -0.270. The number of fused-ring (bicyclic) bond motifs is 1. The molecule has 1 N–H and O–H groups in total. The zero-order valence-corrected chi connectivity index (χ0v) is 15.1. The van der Waals surface area contributed by atoms with Gasteiger partial charge in [-0.2, -0.15) is 0 Å². The topological polar surface area (TPSA) is 54.9 Å². The molecule has 24 heavy (non-hydrogen) atoms. The summed E-state index contributed by atoms with van der Waals surface area (Å²) in [5.41, 5.74) is 2.64. The molecule has 0 fully saturated rings. The number of hydrogen-bond donors (Lipinski definition) is 1. The molecule has 126 valence electrons. The lowest BCUT2D eigenvalue weighted by atomic mass is 10.0. The highest BCUT2D eigenvalue weighted by atomic mass is 32.2. The molecule has 1 unspecified atom stereocenters. The molecule has 1 aromatic carbocycles. The Balaban J connectivity index is 1.63. The third-order valence-electron chi connectivity index (χ3n) is 3.64. The summed E-state index contributed by atoms with van der Waals surface area (Å²) in [5.74, 6) is 0.803. The summed E-state index contributed by atoms with van der Waals surface area (Å²) in [6.45, 7) is 3.81. The summed E-state index contributed by atoms with van der Waals surface area (Å²) in [4.78, 5) is 21.9. The minimum Gasteiger partial charge on any atom is -0.348 e. The van der Waals surface area contributed by atoms with Crippen molar-refractivity contribution in [3.63, 3.8) is 0 Å². The van der Waals surface area contributed by atoms with Gasteiger partial charge in [0.05, 0.1) is 11.8 Å². The van der Waals surface area contributed by atoms with Crippen molar-refractivity contribution in [3.05, 3.63) is 47.0 Å². The van der Waals surface area contributed by atoms with Crippen molar-refractivity contribution in [3.8, 4) is 0 Å². The van der Waals surface area contributed by atoms with Crippen LogP contribution in [-0.4, -0.2) is 27.4 Å². The Morgan fingerprint density at radius 3 is 2.83 bits per heavy atom. The lowest BCUT2D eigenvalue weighted by molar-refractivity contribution is -0.119. The van der Waals surface area contributed by atoms with E-state index in [0.717, 1.165) is 34.0 Å². The Bertz CT molecular complexity index is 749. The standard InChI is InChI=1S/C17H18FN3OS2/c1-10-7-11(2)20-17(19-10)24-9-16(22)21-14-5-6-23-15-4-3-12(18)8-13(14)15/h3-4,7-8,14H,5-6,9H2,1-2H3,(H,21,22). The first-order chi connectivity index (χ1) is 11.5. The maximum atomic E-state index is 13.5. The van der Waals surface area contributed by atoms with Crippen molar-refractivity contribution >= 4 is 29.4 Å². The summed E-state index contributed by atoms with van der Waals surface area (Å²) < 4.78 is 13.5. The van der Waals surface area contributed by atoms with E-state index in [1.807, 2.05) is 19.9 Å². The second-order valence-electron chi connectivity index (χ2n) is 5.66. The summed E-state index contributed by atoms with van der Waals surface area (Å²) in [7, 11) is 0. The maximum absolute atomic E-state index is 13.5. The van der Waals surface area contributed by atoms with Gasteiger partial charge >= 0.3 is 0 Å². The molecule has 7 heteroatoms. The monoisotopic (exact) mass is 363 g/mol. The van der Waals surface area contributed by atoms with E-state index in [-0.39, 0.29) is 23.5 Å². The van der Waals surface area contributed by atoms with Crippen LogP contribution in [0.1, 0.15) is 29.4 Å². The molecule has 2 heterocycles. The molecule has 0 radical (unpaired) electrons. The van der Waals surface area contributed by atoms with E-state index >= 15 is 0 Å². The molecule has 1 amide bonds. The number of aryl methyl sites for hydroxylation is 2. The number of carbonyl (C=O) groups excluding carboxylic acids is 1. The average Bonchev–Trinajstić information content (AvgIpc) is 2.53. The van der Waals surface area contributed by atoms with Crippen LogP contribution < -0.4 is 5.32 Å². The molecule has 0 bridgehead atoms. The number of benzene rings is 1.